The van der Waals surface area contributed by atoms with Crippen LogP contribution in [0.1, 0.15) is 38.5 Å². The van der Waals surface area contributed by atoms with E-state index >= 15 is 0 Å². The first-order valence-electron chi connectivity index (χ1n) is 9.48. The molecule has 2 aromatic carbocycles. The van der Waals surface area contributed by atoms with E-state index in [9.17, 15) is 0 Å². The zero-order valence-electron chi connectivity index (χ0n) is 14.6. The molecule has 0 aliphatic heterocycles. The predicted molar refractivity (Wildman–Crippen MR) is 106 cm³/mol. The normalized spacial score (nSPS) is 32.2. The Labute approximate surface area is 157 Å². The molecule has 132 valence electrons. The molecule has 0 amide bonds. The maximum atomic E-state index is 4.03. The Balaban J connectivity index is 0.00000157. The lowest BCUT2D eigenvalue weighted by Crippen LogP contribution is -2.62. The predicted octanol–water partition coefficient (Wildman–Crippen LogP) is 5.72. The standard InChI is InChI=1S/C22H26N2.ClH/c1-3-7-20(8-4-1)24(21-9-5-2-6-10-21)23-22-14-17-11-18(15-22)13-19(12-17)16-22;/h1-10,17-19,23H,11-16H2;1H. The van der Waals surface area contributed by atoms with Crippen LogP contribution < -0.4 is 10.4 Å². The average Bonchev–Trinajstić information content (AvgIpc) is 2.60. The highest BCUT2D eigenvalue weighted by Gasteiger charge is 2.51. The second kappa shape index (κ2) is 6.66. The van der Waals surface area contributed by atoms with E-state index < -0.39 is 0 Å². The zero-order chi connectivity index (χ0) is 16.0. The number of nitrogens with zero attached hydrogens (tertiary/aromatic N) is 1. The van der Waals surface area contributed by atoms with E-state index in [0.29, 0.717) is 5.54 Å². The van der Waals surface area contributed by atoms with Gasteiger partial charge in [-0.2, -0.15) is 0 Å². The van der Waals surface area contributed by atoms with Gasteiger partial charge in [-0.25, -0.2) is 5.43 Å². The second-order valence-electron chi connectivity index (χ2n) is 8.32. The molecule has 0 atom stereocenters. The fourth-order valence-corrected chi connectivity index (χ4v) is 5.92. The molecule has 6 rings (SSSR count). The zero-order valence-corrected chi connectivity index (χ0v) is 15.4. The maximum absolute atomic E-state index is 4.03. The fourth-order valence-electron chi connectivity index (χ4n) is 5.92. The lowest BCUT2D eigenvalue weighted by molar-refractivity contribution is -0.0194. The Hall–Kier alpha value is -1.51. The van der Waals surface area contributed by atoms with Gasteiger partial charge in [-0.3, -0.25) is 5.01 Å². The smallest absolute Gasteiger partial charge is 0.0577 e. The quantitative estimate of drug-likeness (QED) is 0.706. The lowest BCUT2D eigenvalue weighted by atomic mass is 9.53. The molecule has 0 saturated heterocycles. The molecular formula is C22H27ClN2. The number of hydrazine groups is 1. The van der Waals surface area contributed by atoms with Crippen LogP contribution in [0.15, 0.2) is 60.7 Å². The molecule has 4 bridgehead atoms. The van der Waals surface area contributed by atoms with Crippen molar-refractivity contribution in [2.24, 2.45) is 17.8 Å². The maximum Gasteiger partial charge on any atom is 0.0577 e. The first kappa shape index (κ1) is 16.9. The average molecular weight is 355 g/mol. The number of hydrogen-bond acceptors (Lipinski definition) is 2. The van der Waals surface area contributed by atoms with Crippen LogP contribution in [0, 0.1) is 17.8 Å². The molecule has 1 N–H and O–H groups in total. The first-order valence-corrected chi connectivity index (χ1v) is 9.48. The minimum Gasteiger partial charge on any atom is -0.277 e. The van der Waals surface area contributed by atoms with E-state index in [4.69, 9.17) is 0 Å². The Bertz CT molecular complexity index is 626. The van der Waals surface area contributed by atoms with Gasteiger partial charge in [0.1, 0.15) is 0 Å². The van der Waals surface area contributed by atoms with Crippen LogP contribution in [0.25, 0.3) is 0 Å². The van der Waals surface area contributed by atoms with Crippen LogP contribution in [0.5, 0.6) is 0 Å². The summed E-state index contributed by atoms with van der Waals surface area (Å²) in [6, 6.07) is 21.6. The van der Waals surface area contributed by atoms with E-state index in [0.717, 1.165) is 17.8 Å². The van der Waals surface area contributed by atoms with Crippen molar-refractivity contribution in [1.82, 2.24) is 5.43 Å². The summed E-state index contributed by atoms with van der Waals surface area (Å²) in [7, 11) is 0. The minimum absolute atomic E-state index is 0. The molecule has 0 unspecified atom stereocenters. The second-order valence-corrected chi connectivity index (χ2v) is 8.32. The van der Waals surface area contributed by atoms with Crippen molar-refractivity contribution in [1.29, 1.82) is 0 Å². The van der Waals surface area contributed by atoms with Crippen LogP contribution in [-0.2, 0) is 0 Å². The summed E-state index contributed by atoms with van der Waals surface area (Å²) < 4.78 is 0. The van der Waals surface area contributed by atoms with Crippen molar-refractivity contribution in [3.63, 3.8) is 0 Å². The molecule has 0 spiro atoms. The number of hydrogen-bond donors (Lipinski definition) is 1. The van der Waals surface area contributed by atoms with Crippen molar-refractivity contribution in [2.75, 3.05) is 5.01 Å². The van der Waals surface area contributed by atoms with Crippen LogP contribution in [0.3, 0.4) is 0 Å². The molecule has 2 aromatic rings. The first-order chi connectivity index (χ1) is 11.8. The molecule has 4 fully saturated rings. The largest absolute Gasteiger partial charge is 0.277 e. The van der Waals surface area contributed by atoms with Gasteiger partial charge in [-0.15, -0.1) is 12.4 Å². The van der Waals surface area contributed by atoms with Crippen LogP contribution >= 0.6 is 12.4 Å². The highest BCUT2D eigenvalue weighted by molar-refractivity contribution is 5.85. The number of para-hydroxylation sites is 2. The van der Waals surface area contributed by atoms with Crippen molar-refractivity contribution < 1.29 is 0 Å². The van der Waals surface area contributed by atoms with E-state index in [1.54, 1.807) is 0 Å². The summed E-state index contributed by atoms with van der Waals surface area (Å²) in [5.74, 6) is 2.87. The third kappa shape index (κ3) is 3.18. The Morgan fingerprint density at radius 1 is 0.680 bits per heavy atom. The number of nitrogens with one attached hydrogen (secondary N) is 1. The van der Waals surface area contributed by atoms with Gasteiger partial charge < -0.3 is 0 Å². The van der Waals surface area contributed by atoms with E-state index in [-0.39, 0.29) is 12.4 Å². The van der Waals surface area contributed by atoms with Gasteiger partial charge in [0, 0.05) is 5.54 Å². The Morgan fingerprint density at radius 2 is 1.08 bits per heavy atom. The molecule has 25 heavy (non-hydrogen) atoms. The van der Waals surface area contributed by atoms with Crippen molar-refractivity contribution in [3.8, 4) is 0 Å². The monoisotopic (exact) mass is 354 g/mol. The molecule has 0 aromatic heterocycles. The van der Waals surface area contributed by atoms with E-state index in [1.165, 1.54) is 49.9 Å². The van der Waals surface area contributed by atoms with Crippen molar-refractivity contribution in [2.45, 2.75) is 44.1 Å². The topological polar surface area (TPSA) is 15.3 Å². The molecular weight excluding hydrogens is 328 g/mol. The Morgan fingerprint density at radius 3 is 1.48 bits per heavy atom. The van der Waals surface area contributed by atoms with Gasteiger partial charge in [0.25, 0.3) is 0 Å². The van der Waals surface area contributed by atoms with Gasteiger partial charge in [0.05, 0.1) is 11.4 Å². The SMILES string of the molecule is Cl.c1ccc(N(NC23CC4CC(CC(C4)C2)C3)c2ccccc2)cc1. The third-order valence-corrected chi connectivity index (χ3v) is 6.42. The number of anilines is 2. The highest BCUT2D eigenvalue weighted by Crippen LogP contribution is 2.56. The van der Waals surface area contributed by atoms with Gasteiger partial charge in [0.2, 0.25) is 0 Å². The molecule has 3 heteroatoms. The van der Waals surface area contributed by atoms with Gasteiger partial charge >= 0.3 is 0 Å². The minimum atomic E-state index is 0. The summed E-state index contributed by atoms with van der Waals surface area (Å²) in [5, 5.41) is 2.34. The van der Waals surface area contributed by atoms with Gasteiger partial charge in [0.15, 0.2) is 0 Å². The van der Waals surface area contributed by atoms with Crippen molar-refractivity contribution in [3.05, 3.63) is 60.7 Å². The molecule has 0 heterocycles. The molecule has 4 aliphatic rings. The Kier molecular flexibility index (Phi) is 4.51. The summed E-state index contributed by atoms with van der Waals surface area (Å²) in [4.78, 5) is 0. The fraction of sp³-hybridized carbons (Fsp3) is 0.455. The molecule has 2 nitrogen and oxygen atoms in total. The molecule has 4 aliphatic carbocycles. The van der Waals surface area contributed by atoms with Gasteiger partial charge in [-0.1, -0.05) is 36.4 Å². The summed E-state index contributed by atoms with van der Waals surface area (Å²) in [6.07, 6.45) is 8.52. The number of benzene rings is 2. The number of rotatable bonds is 4. The number of halogens is 1. The highest BCUT2D eigenvalue weighted by atomic mass is 35.5. The van der Waals surface area contributed by atoms with E-state index in [2.05, 4.69) is 71.1 Å². The molecule has 4 saturated carbocycles. The summed E-state index contributed by atoms with van der Waals surface area (Å²) in [5.41, 5.74) is 6.80. The summed E-state index contributed by atoms with van der Waals surface area (Å²) >= 11 is 0. The lowest BCUT2D eigenvalue weighted by Gasteiger charge is -2.58. The van der Waals surface area contributed by atoms with Crippen LogP contribution in [0.4, 0.5) is 11.4 Å². The molecule has 0 radical (unpaired) electrons. The summed E-state index contributed by atoms with van der Waals surface area (Å²) in [6.45, 7) is 0. The van der Waals surface area contributed by atoms with Crippen LogP contribution in [-0.4, -0.2) is 5.54 Å². The van der Waals surface area contributed by atoms with E-state index in [1.807, 2.05) is 0 Å². The van der Waals surface area contributed by atoms with Crippen LogP contribution in [0.2, 0.25) is 0 Å². The third-order valence-electron chi connectivity index (χ3n) is 6.42. The van der Waals surface area contributed by atoms with Crippen molar-refractivity contribution >= 4 is 23.8 Å². The van der Waals surface area contributed by atoms with Gasteiger partial charge in [-0.05, 0) is 80.5 Å².